The SMILES string of the molecule is C[C@@]1(F)[C@H](O)[C@@H](CO)O[C@H]1n1nnc2c(Nc3ccccc3)ncnc21. The lowest BCUT2D eigenvalue weighted by Gasteiger charge is -2.23. The van der Waals surface area contributed by atoms with Gasteiger partial charge in [0.1, 0.15) is 18.5 Å². The standard InChI is InChI=1S/C16H17FN6O3/c1-16(17)12(25)10(7-24)26-15(16)23-14-11(21-22-23)13(18-8-19-14)20-9-5-3-2-4-6-9/h2-6,8,10,12,15,24-25H,7H2,1H3,(H,18,19,20)/t10-,12-,15-,16-/m1/s1. The third kappa shape index (κ3) is 2.59. The highest BCUT2D eigenvalue weighted by Gasteiger charge is 2.55. The number of anilines is 2. The van der Waals surface area contributed by atoms with Gasteiger partial charge in [-0.2, -0.15) is 4.68 Å². The smallest absolute Gasteiger partial charge is 0.191 e. The topological polar surface area (TPSA) is 118 Å². The van der Waals surface area contributed by atoms with Gasteiger partial charge in [0.15, 0.2) is 28.9 Å². The Bertz CT molecular complexity index is 919. The van der Waals surface area contributed by atoms with Gasteiger partial charge in [0.05, 0.1) is 6.61 Å². The molecule has 26 heavy (non-hydrogen) atoms. The maximum absolute atomic E-state index is 15.0. The molecule has 1 aliphatic heterocycles. The minimum absolute atomic E-state index is 0.248. The highest BCUT2D eigenvalue weighted by atomic mass is 19.1. The zero-order valence-electron chi connectivity index (χ0n) is 13.8. The van der Waals surface area contributed by atoms with E-state index in [1.165, 1.54) is 13.3 Å². The van der Waals surface area contributed by atoms with Crippen molar-refractivity contribution in [2.24, 2.45) is 0 Å². The van der Waals surface area contributed by atoms with Crippen molar-refractivity contribution in [3.05, 3.63) is 36.7 Å². The second-order valence-corrected chi connectivity index (χ2v) is 6.23. The summed E-state index contributed by atoms with van der Waals surface area (Å²) >= 11 is 0. The van der Waals surface area contributed by atoms with Crippen LogP contribution in [0.5, 0.6) is 0 Å². The number of nitrogens with zero attached hydrogens (tertiary/aromatic N) is 5. The van der Waals surface area contributed by atoms with Crippen LogP contribution >= 0.6 is 0 Å². The average Bonchev–Trinajstić information content (AvgIpc) is 3.16. The van der Waals surface area contributed by atoms with Crippen molar-refractivity contribution in [1.29, 1.82) is 0 Å². The van der Waals surface area contributed by atoms with Gasteiger partial charge in [0.25, 0.3) is 0 Å². The highest BCUT2D eigenvalue weighted by Crippen LogP contribution is 2.41. The molecule has 136 valence electrons. The van der Waals surface area contributed by atoms with E-state index in [1.54, 1.807) is 0 Å². The number of rotatable bonds is 4. The van der Waals surface area contributed by atoms with Crippen LogP contribution in [0.3, 0.4) is 0 Å². The Morgan fingerprint density at radius 3 is 2.77 bits per heavy atom. The molecule has 3 N–H and O–H groups in total. The summed E-state index contributed by atoms with van der Waals surface area (Å²) in [4.78, 5) is 8.29. The Hall–Kier alpha value is -2.69. The number of benzene rings is 1. The molecular formula is C16H17FN6O3. The number of alkyl halides is 1. The number of hydrogen-bond donors (Lipinski definition) is 3. The Morgan fingerprint density at radius 1 is 1.31 bits per heavy atom. The molecule has 0 unspecified atom stereocenters. The summed E-state index contributed by atoms with van der Waals surface area (Å²) in [5, 5.41) is 30.4. The molecule has 3 aromatic rings. The van der Waals surface area contributed by atoms with Crippen LogP contribution in [0.4, 0.5) is 15.9 Å². The summed E-state index contributed by atoms with van der Waals surface area (Å²) in [5.74, 6) is 0.408. The first-order valence-corrected chi connectivity index (χ1v) is 8.03. The van der Waals surface area contributed by atoms with Crippen molar-refractivity contribution >= 4 is 22.7 Å². The fourth-order valence-corrected chi connectivity index (χ4v) is 2.99. The molecule has 4 rings (SSSR count). The molecule has 4 atom stereocenters. The molecule has 0 bridgehead atoms. The van der Waals surface area contributed by atoms with Crippen LogP contribution in [0.15, 0.2) is 36.7 Å². The van der Waals surface area contributed by atoms with Crippen LogP contribution in [0.2, 0.25) is 0 Å². The van der Waals surface area contributed by atoms with E-state index in [-0.39, 0.29) is 5.65 Å². The number of para-hydroxylation sites is 1. The zero-order chi connectivity index (χ0) is 18.3. The third-order valence-corrected chi connectivity index (χ3v) is 4.42. The molecule has 1 saturated heterocycles. The minimum atomic E-state index is -2.17. The van der Waals surface area contributed by atoms with Crippen LogP contribution < -0.4 is 5.32 Å². The zero-order valence-corrected chi connectivity index (χ0v) is 13.8. The number of aliphatic hydroxyl groups is 2. The maximum Gasteiger partial charge on any atom is 0.191 e. The van der Waals surface area contributed by atoms with Gasteiger partial charge >= 0.3 is 0 Å². The fourth-order valence-electron chi connectivity index (χ4n) is 2.99. The van der Waals surface area contributed by atoms with Gasteiger partial charge in [-0.25, -0.2) is 14.4 Å². The first-order valence-electron chi connectivity index (χ1n) is 8.03. The van der Waals surface area contributed by atoms with Gasteiger partial charge in [0, 0.05) is 5.69 Å². The van der Waals surface area contributed by atoms with E-state index in [2.05, 4.69) is 25.6 Å². The molecule has 1 aliphatic rings. The Kier molecular flexibility index (Phi) is 4.02. The van der Waals surface area contributed by atoms with E-state index >= 15 is 4.39 Å². The van der Waals surface area contributed by atoms with E-state index in [9.17, 15) is 10.2 Å². The molecule has 9 nitrogen and oxygen atoms in total. The molecule has 10 heteroatoms. The van der Waals surface area contributed by atoms with Crippen LogP contribution in [-0.4, -0.2) is 59.7 Å². The Balaban J connectivity index is 1.73. The molecule has 3 heterocycles. The van der Waals surface area contributed by atoms with E-state index in [0.29, 0.717) is 11.3 Å². The van der Waals surface area contributed by atoms with Crippen molar-refractivity contribution in [3.63, 3.8) is 0 Å². The van der Waals surface area contributed by atoms with Gasteiger partial charge in [-0.15, -0.1) is 5.10 Å². The lowest BCUT2D eigenvalue weighted by atomic mass is 9.99. The highest BCUT2D eigenvalue weighted by molar-refractivity contribution is 5.84. The summed E-state index contributed by atoms with van der Waals surface area (Å²) in [7, 11) is 0. The lowest BCUT2D eigenvalue weighted by Crippen LogP contribution is -2.40. The Morgan fingerprint density at radius 2 is 2.08 bits per heavy atom. The average molecular weight is 360 g/mol. The van der Waals surface area contributed by atoms with Crippen molar-refractivity contribution in [2.45, 2.75) is 31.0 Å². The quantitative estimate of drug-likeness (QED) is 0.629. The molecule has 0 radical (unpaired) electrons. The molecule has 1 fully saturated rings. The summed E-state index contributed by atoms with van der Waals surface area (Å²) in [6, 6.07) is 9.35. The predicted octanol–water partition coefficient (Wildman–Crippen LogP) is 0.944. The number of aromatic nitrogens is 5. The predicted molar refractivity (Wildman–Crippen MR) is 89.4 cm³/mol. The third-order valence-electron chi connectivity index (χ3n) is 4.42. The summed E-state index contributed by atoms with van der Waals surface area (Å²) in [6.45, 7) is 0.676. The normalized spacial score (nSPS) is 28.5. The van der Waals surface area contributed by atoms with Crippen LogP contribution in [0, 0.1) is 0 Å². The first-order chi connectivity index (χ1) is 12.5. The molecule has 1 aromatic carbocycles. The number of hydrogen-bond acceptors (Lipinski definition) is 8. The number of aliphatic hydroxyl groups excluding tert-OH is 2. The van der Waals surface area contributed by atoms with Crippen molar-refractivity contribution in [2.75, 3.05) is 11.9 Å². The van der Waals surface area contributed by atoms with Crippen molar-refractivity contribution in [1.82, 2.24) is 25.0 Å². The number of fused-ring (bicyclic) bond motifs is 1. The second-order valence-electron chi connectivity index (χ2n) is 6.23. The number of nitrogens with one attached hydrogen (secondary N) is 1. The van der Waals surface area contributed by atoms with E-state index in [4.69, 9.17) is 4.74 Å². The molecule has 0 aliphatic carbocycles. The second kappa shape index (κ2) is 6.24. The van der Waals surface area contributed by atoms with Crippen LogP contribution in [-0.2, 0) is 4.74 Å². The van der Waals surface area contributed by atoms with Gasteiger partial charge in [-0.1, -0.05) is 23.4 Å². The van der Waals surface area contributed by atoms with E-state index in [1.807, 2.05) is 30.3 Å². The van der Waals surface area contributed by atoms with E-state index < -0.39 is 30.7 Å². The van der Waals surface area contributed by atoms with Gasteiger partial charge in [-0.3, -0.25) is 0 Å². The molecule has 2 aromatic heterocycles. The largest absolute Gasteiger partial charge is 0.394 e. The number of halogens is 1. The van der Waals surface area contributed by atoms with Gasteiger partial charge in [0.2, 0.25) is 0 Å². The monoisotopic (exact) mass is 360 g/mol. The molecule has 0 spiro atoms. The lowest BCUT2D eigenvalue weighted by molar-refractivity contribution is -0.0639. The molecule has 0 amide bonds. The van der Waals surface area contributed by atoms with Gasteiger partial charge < -0.3 is 20.3 Å². The number of ether oxygens (including phenoxy) is 1. The van der Waals surface area contributed by atoms with E-state index in [0.717, 1.165) is 10.4 Å². The molecular weight excluding hydrogens is 343 g/mol. The summed E-state index contributed by atoms with van der Waals surface area (Å²) < 4.78 is 21.6. The van der Waals surface area contributed by atoms with Crippen molar-refractivity contribution < 1.29 is 19.3 Å². The minimum Gasteiger partial charge on any atom is -0.394 e. The fraction of sp³-hybridized carbons (Fsp3) is 0.375. The molecule has 0 saturated carbocycles. The van der Waals surface area contributed by atoms with Crippen molar-refractivity contribution in [3.8, 4) is 0 Å². The summed E-state index contributed by atoms with van der Waals surface area (Å²) in [6.07, 6.45) is -2.53. The van der Waals surface area contributed by atoms with Crippen LogP contribution in [0.1, 0.15) is 13.2 Å². The summed E-state index contributed by atoms with van der Waals surface area (Å²) in [5.41, 5.74) is -0.799. The Labute approximate surface area is 147 Å². The van der Waals surface area contributed by atoms with Gasteiger partial charge in [-0.05, 0) is 19.1 Å². The van der Waals surface area contributed by atoms with Crippen LogP contribution in [0.25, 0.3) is 11.2 Å². The first kappa shape index (κ1) is 16.8. The maximum atomic E-state index is 15.0.